The second-order valence-electron chi connectivity index (χ2n) is 6.57. The summed E-state index contributed by atoms with van der Waals surface area (Å²) in [6.07, 6.45) is 5.58. The Morgan fingerprint density at radius 3 is 2.70 bits per heavy atom. The molecule has 1 saturated heterocycles. The van der Waals surface area contributed by atoms with Crippen LogP contribution in [0.15, 0.2) is 29.3 Å². The minimum absolute atomic E-state index is 0.255. The maximum atomic E-state index is 11.8. The number of nitrogens with two attached hydrogens (primary N) is 1. The number of amides is 1. The molecule has 5 heteroatoms. The standard InChI is InChI=1S/C18H26N4O/c19-18(20-11-14-5-3-6-14)21-12-15-7-1-2-8-16(15)13-22-10-4-9-17(22)23/h1-2,7-8,14H,3-6,9-13H2,(H3,19,20,21). The Morgan fingerprint density at radius 1 is 1.26 bits per heavy atom. The summed E-state index contributed by atoms with van der Waals surface area (Å²) in [7, 11) is 0. The third-order valence-corrected chi connectivity index (χ3v) is 4.87. The highest BCUT2D eigenvalue weighted by atomic mass is 16.2. The maximum Gasteiger partial charge on any atom is 0.222 e. The monoisotopic (exact) mass is 314 g/mol. The normalized spacial score (nSPS) is 19.0. The molecule has 0 spiro atoms. The molecular weight excluding hydrogens is 288 g/mol. The maximum absolute atomic E-state index is 11.8. The first kappa shape index (κ1) is 15.8. The largest absolute Gasteiger partial charge is 0.370 e. The van der Waals surface area contributed by atoms with Gasteiger partial charge in [0.25, 0.3) is 0 Å². The molecule has 0 unspecified atom stereocenters. The molecule has 1 aromatic rings. The molecule has 0 aromatic heterocycles. The van der Waals surface area contributed by atoms with Crippen molar-refractivity contribution in [1.82, 2.24) is 10.2 Å². The number of guanidine groups is 1. The first-order valence-corrected chi connectivity index (χ1v) is 8.61. The highest BCUT2D eigenvalue weighted by Crippen LogP contribution is 2.25. The lowest BCUT2D eigenvalue weighted by Gasteiger charge is -2.25. The van der Waals surface area contributed by atoms with Gasteiger partial charge >= 0.3 is 0 Å². The molecule has 2 aliphatic rings. The van der Waals surface area contributed by atoms with Crippen LogP contribution in [0.25, 0.3) is 0 Å². The molecule has 3 N–H and O–H groups in total. The summed E-state index contributed by atoms with van der Waals surface area (Å²) in [5, 5.41) is 3.22. The van der Waals surface area contributed by atoms with Crippen LogP contribution in [-0.4, -0.2) is 29.9 Å². The van der Waals surface area contributed by atoms with Crippen molar-refractivity contribution >= 4 is 11.9 Å². The van der Waals surface area contributed by atoms with Crippen molar-refractivity contribution in [2.45, 2.75) is 45.2 Å². The highest BCUT2D eigenvalue weighted by molar-refractivity contribution is 5.78. The predicted octanol–water partition coefficient (Wildman–Crippen LogP) is 2.01. The average Bonchev–Trinajstić information content (AvgIpc) is 2.90. The van der Waals surface area contributed by atoms with Crippen LogP contribution in [-0.2, 0) is 17.9 Å². The van der Waals surface area contributed by atoms with E-state index in [1.807, 2.05) is 17.0 Å². The topological polar surface area (TPSA) is 70.7 Å². The Hall–Kier alpha value is -2.04. The molecule has 1 amide bonds. The van der Waals surface area contributed by atoms with Crippen molar-refractivity contribution in [3.63, 3.8) is 0 Å². The molecule has 1 saturated carbocycles. The van der Waals surface area contributed by atoms with Gasteiger partial charge in [0.2, 0.25) is 5.91 Å². The Labute approximate surface area is 138 Å². The van der Waals surface area contributed by atoms with E-state index in [0.717, 1.165) is 31.0 Å². The number of nitrogens with zero attached hydrogens (tertiary/aromatic N) is 2. The molecule has 5 nitrogen and oxygen atoms in total. The number of benzene rings is 1. The average molecular weight is 314 g/mol. The van der Waals surface area contributed by atoms with E-state index >= 15 is 0 Å². The SMILES string of the molecule is NC(=NCc1ccccc1CN1CCCC1=O)NCC1CCC1. The molecule has 124 valence electrons. The lowest BCUT2D eigenvalue weighted by molar-refractivity contribution is -0.128. The molecule has 3 rings (SSSR count). The first-order valence-electron chi connectivity index (χ1n) is 8.61. The van der Waals surface area contributed by atoms with Crippen molar-refractivity contribution in [2.75, 3.05) is 13.1 Å². The number of likely N-dealkylation sites (tertiary alicyclic amines) is 1. The van der Waals surface area contributed by atoms with Gasteiger partial charge in [-0.2, -0.15) is 0 Å². The van der Waals surface area contributed by atoms with Crippen molar-refractivity contribution in [3.05, 3.63) is 35.4 Å². The third kappa shape index (κ3) is 4.24. The quantitative estimate of drug-likeness (QED) is 0.623. The number of carbonyl (C=O) groups excluding carboxylic acids is 1. The van der Waals surface area contributed by atoms with Gasteiger partial charge in [0.1, 0.15) is 0 Å². The lowest BCUT2D eigenvalue weighted by Crippen LogP contribution is -2.37. The van der Waals surface area contributed by atoms with Gasteiger partial charge in [-0.25, -0.2) is 4.99 Å². The van der Waals surface area contributed by atoms with Gasteiger partial charge in [-0.05, 0) is 36.3 Å². The van der Waals surface area contributed by atoms with Gasteiger partial charge in [0.15, 0.2) is 5.96 Å². The van der Waals surface area contributed by atoms with E-state index in [1.54, 1.807) is 0 Å². The smallest absolute Gasteiger partial charge is 0.222 e. The van der Waals surface area contributed by atoms with Crippen LogP contribution in [0.2, 0.25) is 0 Å². The molecule has 1 aliphatic carbocycles. The Bertz CT molecular complexity index is 580. The zero-order chi connectivity index (χ0) is 16.1. The van der Waals surface area contributed by atoms with E-state index < -0.39 is 0 Å². The fraction of sp³-hybridized carbons (Fsp3) is 0.556. The molecule has 1 aromatic carbocycles. The molecule has 23 heavy (non-hydrogen) atoms. The summed E-state index contributed by atoms with van der Waals surface area (Å²) in [5.74, 6) is 1.53. The molecule has 2 fully saturated rings. The van der Waals surface area contributed by atoms with E-state index in [1.165, 1.54) is 24.8 Å². The minimum atomic E-state index is 0.255. The second kappa shape index (κ2) is 7.49. The minimum Gasteiger partial charge on any atom is -0.370 e. The number of carbonyl (C=O) groups is 1. The van der Waals surface area contributed by atoms with Crippen molar-refractivity contribution in [1.29, 1.82) is 0 Å². The van der Waals surface area contributed by atoms with Crippen LogP contribution in [0.5, 0.6) is 0 Å². The van der Waals surface area contributed by atoms with E-state index in [9.17, 15) is 4.79 Å². The van der Waals surface area contributed by atoms with E-state index in [0.29, 0.717) is 25.5 Å². The fourth-order valence-electron chi connectivity index (χ4n) is 3.11. The number of hydrogen-bond donors (Lipinski definition) is 2. The molecular formula is C18H26N4O. The summed E-state index contributed by atoms with van der Waals surface area (Å²) in [4.78, 5) is 18.2. The van der Waals surface area contributed by atoms with E-state index in [4.69, 9.17) is 5.73 Å². The van der Waals surface area contributed by atoms with Crippen LogP contribution in [0, 0.1) is 5.92 Å². The summed E-state index contributed by atoms with van der Waals surface area (Å²) in [6.45, 7) is 3.03. The van der Waals surface area contributed by atoms with Crippen LogP contribution in [0.3, 0.4) is 0 Å². The lowest BCUT2D eigenvalue weighted by atomic mass is 9.85. The van der Waals surface area contributed by atoms with Gasteiger partial charge in [0, 0.05) is 26.1 Å². The predicted molar refractivity (Wildman–Crippen MR) is 91.8 cm³/mol. The van der Waals surface area contributed by atoms with Gasteiger partial charge in [-0.3, -0.25) is 4.79 Å². The van der Waals surface area contributed by atoms with Gasteiger partial charge < -0.3 is 16.0 Å². The summed E-state index contributed by atoms with van der Waals surface area (Å²) >= 11 is 0. The molecule has 0 bridgehead atoms. The van der Waals surface area contributed by atoms with Crippen LogP contribution < -0.4 is 11.1 Å². The Balaban J connectivity index is 1.57. The van der Waals surface area contributed by atoms with Crippen LogP contribution in [0.1, 0.15) is 43.2 Å². The summed E-state index contributed by atoms with van der Waals surface area (Å²) in [5.41, 5.74) is 8.26. The van der Waals surface area contributed by atoms with Crippen molar-refractivity contribution < 1.29 is 4.79 Å². The molecule has 1 heterocycles. The zero-order valence-electron chi connectivity index (χ0n) is 13.6. The van der Waals surface area contributed by atoms with Gasteiger partial charge in [-0.1, -0.05) is 30.7 Å². The van der Waals surface area contributed by atoms with Gasteiger partial charge in [0.05, 0.1) is 6.54 Å². The van der Waals surface area contributed by atoms with E-state index in [2.05, 4.69) is 22.4 Å². The number of aliphatic imine (C=N–C) groups is 1. The number of nitrogens with one attached hydrogen (secondary N) is 1. The van der Waals surface area contributed by atoms with Crippen LogP contribution in [0.4, 0.5) is 0 Å². The Kier molecular flexibility index (Phi) is 5.16. The first-order chi connectivity index (χ1) is 11.2. The fourth-order valence-corrected chi connectivity index (χ4v) is 3.11. The molecule has 0 radical (unpaired) electrons. The number of hydrogen-bond acceptors (Lipinski definition) is 2. The summed E-state index contributed by atoms with van der Waals surface area (Å²) < 4.78 is 0. The highest BCUT2D eigenvalue weighted by Gasteiger charge is 2.21. The Morgan fingerprint density at radius 2 is 2.04 bits per heavy atom. The molecule has 0 atom stereocenters. The second-order valence-corrected chi connectivity index (χ2v) is 6.57. The van der Waals surface area contributed by atoms with Crippen molar-refractivity contribution in [3.8, 4) is 0 Å². The molecule has 1 aliphatic heterocycles. The van der Waals surface area contributed by atoms with Gasteiger partial charge in [-0.15, -0.1) is 0 Å². The zero-order valence-corrected chi connectivity index (χ0v) is 13.6. The summed E-state index contributed by atoms with van der Waals surface area (Å²) in [6, 6.07) is 8.17. The van der Waals surface area contributed by atoms with Crippen LogP contribution >= 0.6 is 0 Å². The van der Waals surface area contributed by atoms with E-state index in [-0.39, 0.29) is 5.91 Å². The van der Waals surface area contributed by atoms with Crippen molar-refractivity contribution in [2.24, 2.45) is 16.6 Å². The number of rotatable bonds is 6. The third-order valence-electron chi connectivity index (χ3n) is 4.87.